The van der Waals surface area contributed by atoms with Gasteiger partial charge in [-0.25, -0.2) is 13.4 Å². The SMILES string of the molecule is CN(Cc1nccn1C)S(=O)(=O)c1cc([N+](=O)[O-])c(Cl)s1. The monoisotopic (exact) mass is 350 g/mol. The van der Waals surface area contributed by atoms with Gasteiger partial charge in [-0.05, 0) is 0 Å². The van der Waals surface area contributed by atoms with Gasteiger partial charge in [0.2, 0.25) is 0 Å². The van der Waals surface area contributed by atoms with Gasteiger partial charge in [-0.3, -0.25) is 10.1 Å². The van der Waals surface area contributed by atoms with E-state index in [0.29, 0.717) is 17.2 Å². The molecule has 0 aliphatic heterocycles. The molecule has 21 heavy (non-hydrogen) atoms. The second-order valence-electron chi connectivity index (χ2n) is 4.20. The third-order valence-electron chi connectivity index (χ3n) is 2.79. The molecule has 0 bridgehead atoms. The van der Waals surface area contributed by atoms with E-state index in [-0.39, 0.29) is 15.1 Å². The number of rotatable bonds is 5. The molecule has 2 aromatic rings. The van der Waals surface area contributed by atoms with Gasteiger partial charge in [-0.1, -0.05) is 11.6 Å². The van der Waals surface area contributed by atoms with Gasteiger partial charge in [0.05, 0.1) is 11.5 Å². The summed E-state index contributed by atoms with van der Waals surface area (Å²) in [4.78, 5) is 14.1. The van der Waals surface area contributed by atoms with Gasteiger partial charge >= 0.3 is 0 Å². The van der Waals surface area contributed by atoms with Crippen LogP contribution < -0.4 is 0 Å². The molecule has 0 atom stereocenters. The molecule has 11 heteroatoms. The van der Waals surface area contributed by atoms with Crippen molar-refractivity contribution in [1.29, 1.82) is 0 Å². The first-order valence-electron chi connectivity index (χ1n) is 5.59. The van der Waals surface area contributed by atoms with E-state index in [9.17, 15) is 18.5 Å². The quantitative estimate of drug-likeness (QED) is 0.605. The fraction of sp³-hybridized carbons (Fsp3) is 0.300. The van der Waals surface area contributed by atoms with Gasteiger partial charge < -0.3 is 4.57 Å². The molecule has 0 aromatic carbocycles. The number of halogens is 1. The van der Waals surface area contributed by atoms with Gasteiger partial charge in [0.25, 0.3) is 15.7 Å². The number of thiophene rings is 1. The topological polar surface area (TPSA) is 98.3 Å². The lowest BCUT2D eigenvalue weighted by Crippen LogP contribution is -2.27. The van der Waals surface area contributed by atoms with Crippen LogP contribution in [0.5, 0.6) is 0 Å². The third kappa shape index (κ3) is 3.07. The summed E-state index contributed by atoms with van der Waals surface area (Å²) in [6.45, 7) is 0.0507. The van der Waals surface area contributed by atoms with Crippen molar-refractivity contribution < 1.29 is 13.3 Å². The summed E-state index contributed by atoms with van der Waals surface area (Å²) in [6, 6.07) is 0.969. The van der Waals surface area contributed by atoms with Crippen molar-refractivity contribution in [3.63, 3.8) is 0 Å². The Morgan fingerprint density at radius 2 is 2.24 bits per heavy atom. The number of aromatic nitrogens is 2. The maximum absolute atomic E-state index is 12.4. The minimum atomic E-state index is -3.86. The van der Waals surface area contributed by atoms with Crippen molar-refractivity contribution in [2.24, 2.45) is 7.05 Å². The molecule has 114 valence electrons. The summed E-state index contributed by atoms with van der Waals surface area (Å²) in [7, 11) is -0.733. The Morgan fingerprint density at radius 3 is 2.71 bits per heavy atom. The molecular formula is C10H11ClN4O4S2. The summed E-state index contributed by atoms with van der Waals surface area (Å²) in [5.41, 5.74) is -0.411. The first-order chi connectivity index (χ1) is 9.73. The van der Waals surface area contributed by atoms with E-state index in [0.717, 1.165) is 10.4 Å². The average Bonchev–Trinajstić information content (AvgIpc) is 2.96. The van der Waals surface area contributed by atoms with E-state index in [4.69, 9.17) is 11.6 Å². The highest BCUT2D eigenvalue weighted by atomic mass is 35.5. The highest BCUT2D eigenvalue weighted by molar-refractivity contribution is 7.91. The molecule has 2 rings (SSSR count). The maximum atomic E-state index is 12.4. The minimum Gasteiger partial charge on any atom is -0.337 e. The Labute approximate surface area is 129 Å². The number of aryl methyl sites for hydroxylation is 1. The van der Waals surface area contributed by atoms with Crippen LogP contribution in [0.2, 0.25) is 4.34 Å². The Kier molecular flexibility index (Phi) is 4.33. The van der Waals surface area contributed by atoms with Crippen LogP contribution in [0.15, 0.2) is 22.7 Å². The molecule has 0 saturated carbocycles. The molecule has 2 aromatic heterocycles. The molecule has 0 amide bonds. The molecule has 0 aliphatic carbocycles. The van der Waals surface area contributed by atoms with Gasteiger partial charge in [0, 0.05) is 32.6 Å². The number of nitro groups is 1. The van der Waals surface area contributed by atoms with Crippen molar-refractivity contribution in [2.45, 2.75) is 10.8 Å². The van der Waals surface area contributed by atoms with Crippen LogP contribution in [0, 0.1) is 10.1 Å². The van der Waals surface area contributed by atoms with Crippen LogP contribution in [0.25, 0.3) is 0 Å². The zero-order valence-corrected chi connectivity index (χ0v) is 13.4. The fourth-order valence-corrected chi connectivity index (χ4v) is 4.58. The summed E-state index contributed by atoms with van der Waals surface area (Å²) >= 11 is 6.36. The molecule has 2 heterocycles. The van der Waals surface area contributed by atoms with E-state index in [2.05, 4.69) is 4.98 Å². The average molecular weight is 351 g/mol. The summed E-state index contributed by atoms with van der Waals surface area (Å²) < 4.78 is 27.2. The smallest absolute Gasteiger partial charge is 0.300 e. The van der Waals surface area contributed by atoms with Crippen LogP contribution in [0.4, 0.5) is 5.69 Å². The first kappa shape index (κ1) is 15.9. The molecule has 0 fully saturated rings. The standard InChI is InChI=1S/C10H11ClN4O4S2/c1-13-4-3-12-8(13)6-14(2)21(18,19)9-5-7(15(16)17)10(11)20-9/h3-5H,6H2,1-2H3. The highest BCUT2D eigenvalue weighted by Crippen LogP contribution is 2.37. The summed E-state index contributed by atoms with van der Waals surface area (Å²) in [5.74, 6) is 0.554. The number of imidazole rings is 1. The molecule has 0 saturated heterocycles. The predicted octanol–water partition coefficient (Wildman–Crippen LogP) is 1.86. The zero-order chi connectivity index (χ0) is 15.8. The molecule has 0 spiro atoms. The molecule has 8 nitrogen and oxygen atoms in total. The molecule has 0 aliphatic rings. The Bertz CT molecular complexity index is 783. The second kappa shape index (κ2) is 5.72. The summed E-state index contributed by atoms with van der Waals surface area (Å²) in [5, 5.41) is 10.7. The Hall–Kier alpha value is -1.49. The normalized spacial score (nSPS) is 12.0. The second-order valence-corrected chi connectivity index (χ2v) is 8.12. The van der Waals surface area contributed by atoms with Crippen molar-refractivity contribution in [1.82, 2.24) is 13.9 Å². The number of hydrogen-bond donors (Lipinski definition) is 0. The van der Waals surface area contributed by atoms with E-state index in [1.807, 2.05) is 0 Å². The van der Waals surface area contributed by atoms with Gasteiger partial charge in [-0.15, -0.1) is 11.3 Å². The molecule has 0 radical (unpaired) electrons. The molecular weight excluding hydrogens is 340 g/mol. The summed E-state index contributed by atoms with van der Waals surface area (Å²) in [6.07, 6.45) is 3.26. The van der Waals surface area contributed by atoms with Crippen molar-refractivity contribution in [2.75, 3.05) is 7.05 Å². The van der Waals surface area contributed by atoms with Gasteiger partial charge in [0.1, 0.15) is 10.0 Å². The van der Waals surface area contributed by atoms with Crippen LogP contribution in [0.3, 0.4) is 0 Å². The van der Waals surface area contributed by atoms with Crippen molar-refractivity contribution in [3.8, 4) is 0 Å². The lowest BCUT2D eigenvalue weighted by Gasteiger charge is -2.15. The minimum absolute atomic E-state index is 0.0507. The number of hydrogen-bond acceptors (Lipinski definition) is 6. The van der Waals surface area contributed by atoms with E-state index in [1.165, 1.54) is 7.05 Å². The zero-order valence-electron chi connectivity index (χ0n) is 11.1. The predicted molar refractivity (Wildman–Crippen MR) is 77.8 cm³/mol. The number of nitrogens with zero attached hydrogens (tertiary/aromatic N) is 4. The van der Waals surface area contributed by atoms with E-state index >= 15 is 0 Å². The molecule has 0 N–H and O–H groups in total. The maximum Gasteiger partial charge on any atom is 0.300 e. The van der Waals surface area contributed by atoms with Crippen molar-refractivity contribution in [3.05, 3.63) is 38.7 Å². The lowest BCUT2D eigenvalue weighted by atomic mass is 10.6. The van der Waals surface area contributed by atoms with E-state index < -0.39 is 20.6 Å². The fourth-order valence-electron chi connectivity index (χ4n) is 1.58. The third-order valence-corrected chi connectivity index (χ3v) is 6.38. The van der Waals surface area contributed by atoms with Crippen molar-refractivity contribution >= 4 is 38.6 Å². The van der Waals surface area contributed by atoms with E-state index in [1.54, 1.807) is 24.0 Å². The van der Waals surface area contributed by atoms with Crippen LogP contribution in [-0.4, -0.2) is 34.2 Å². The van der Waals surface area contributed by atoms with Gasteiger partial charge in [0.15, 0.2) is 4.34 Å². The Morgan fingerprint density at radius 1 is 1.57 bits per heavy atom. The molecule has 0 unspecified atom stereocenters. The van der Waals surface area contributed by atoms with Crippen LogP contribution in [-0.2, 0) is 23.6 Å². The lowest BCUT2D eigenvalue weighted by molar-refractivity contribution is -0.384. The van der Waals surface area contributed by atoms with Crippen LogP contribution in [0.1, 0.15) is 5.82 Å². The Balaban J connectivity index is 2.31. The first-order valence-corrected chi connectivity index (χ1v) is 8.23. The highest BCUT2D eigenvalue weighted by Gasteiger charge is 2.29. The van der Waals surface area contributed by atoms with Gasteiger partial charge in [-0.2, -0.15) is 4.31 Å². The number of sulfonamides is 1. The largest absolute Gasteiger partial charge is 0.337 e. The van der Waals surface area contributed by atoms with Crippen LogP contribution >= 0.6 is 22.9 Å².